The molecule has 3 heterocycles. The number of aromatic nitrogens is 3. The van der Waals surface area contributed by atoms with Crippen LogP contribution >= 0.6 is 0 Å². The van der Waals surface area contributed by atoms with Gasteiger partial charge in [0.05, 0.1) is 23.8 Å². The quantitative estimate of drug-likeness (QED) is 0.334. The van der Waals surface area contributed by atoms with E-state index in [2.05, 4.69) is 34.8 Å². The van der Waals surface area contributed by atoms with Crippen LogP contribution in [0, 0.1) is 19.7 Å². The number of rotatable bonds is 6. The van der Waals surface area contributed by atoms with Crippen molar-refractivity contribution < 1.29 is 17.9 Å². The van der Waals surface area contributed by atoms with Crippen molar-refractivity contribution in [2.75, 3.05) is 18.6 Å². The minimum atomic E-state index is -0.745. The molecule has 1 atom stereocenters. The minimum Gasteiger partial charge on any atom is -0.494 e. The van der Waals surface area contributed by atoms with Crippen molar-refractivity contribution in [1.82, 2.24) is 14.7 Å². The van der Waals surface area contributed by atoms with E-state index in [4.69, 9.17) is 14.2 Å². The van der Waals surface area contributed by atoms with Gasteiger partial charge in [-0.15, -0.1) is 0 Å². The summed E-state index contributed by atoms with van der Waals surface area (Å²) in [6.45, 7) is 6.00. The first kappa shape index (κ1) is 23.7. The minimum absolute atomic E-state index is 0.0603. The van der Waals surface area contributed by atoms with Gasteiger partial charge in [0.1, 0.15) is 11.6 Å². The number of imidazole rings is 1. The zero-order chi connectivity index (χ0) is 24.7. The van der Waals surface area contributed by atoms with Gasteiger partial charge in [0.15, 0.2) is 11.6 Å². The highest BCUT2D eigenvalue weighted by molar-refractivity contribution is 7.85. The number of fused-ring (bicyclic) bond motifs is 1. The second kappa shape index (κ2) is 9.57. The molecule has 1 fully saturated rings. The fraction of sp³-hybridized carbons (Fsp3) is 0.407. The van der Waals surface area contributed by atoms with Gasteiger partial charge in [0.2, 0.25) is 0 Å². The van der Waals surface area contributed by atoms with E-state index in [0.29, 0.717) is 17.9 Å². The van der Waals surface area contributed by atoms with Crippen LogP contribution in [0.5, 0.6) is 5.75 Å². The molecule has 0 saturated carbocycles. The number of ether oxygens (including phenoxy) is 1. The summed E-state index contributed by atoms with van der Waals surface area (Å²) in [5, 5.41) is 4.10. The van der Waals surface area contributed by atoms with Gasteiger partial charge in [-0.1, -0.05) is 24.2 Å². The van der Waals surface area contributed by atoms with Crippen molar-refractivity contribution in [2.24, 2.45) is 0 Å². The number of halogens is 1. The molecule has 1 saturated heterocycles. The Bertz CT molecular complexity index is 1380. The van der Waals surface area contributed by atoms with E-state index in [1.807, 2.05) is 19.9 Å². The maximum Gasteiger partial charge on any atom is 0.165 e. The molecule has 35 heavy (non-hydrogen) atoms. The Balaban J connectivity index is 1.57. The highest BCUT2D eigenvalue weighted by Crippen LogP contribution is 2.36. The summed E-state index contributed by atoms with van der Waals surface area (Å²) in [7, 11) is 0.724. The maximum atomic E-state index is 14.3. The molecule has 1 aliphatic heterocycles. The molecule has 8 heteroatoms. The normalized spacial score (nSPS) is 19.2. The molecule has 1 unspecified atom stereocenters. The van der Waals surface area contributed by atoms with E-state index in [9.17, 15) is 8.60 Å². The van der Waals surface area contributed by atoms with Crippen LogP contribution in [0.4, 0.5) is 4.39 Å². The largest absolute Gasteiger partial charge is 0.494 e. The lowest BCUT2D eigenvalue weighted by atomic mass is 9.99. The molecule has 5 rings (SSSR count). The molecule has 2 aromatic carbocycles. The van der Waals surface area contributed by atoms with Gasteiger partial charge in [-0.25, -0.2) is 9.37 Å². The number of hydrogen-bond donors (Lipinski definition) is 0. The van der Waals surface area contributed by atoms with Crippen molar-refractivity contribution in [1.29, 1.82) is 0 Å². The summed E-state index contributed by atoms with van der Waals surface area (Å²) in [4.78, 5) is 5.11. The molecule has 4 aromatic rings. The van der Waals surface area contributed by atoms with Gasteiger partial charge in [-0.3, -0.25) is 4.21 Å². The summed E-state index contributed by atoms with van der Waals surface area (Å²) in [6.07, 6.45) is 2.38. The van der Waals surface area contributed by atoms with E-state index in [0.717, 1.165) is 57.8 Å². The Labute approximate surface area is 206 Å². The first-order valence-corrected chi connectivity index (χ1v) is 13.5. The SMILES string of the molecule is COc1ccc(CC(C)c2nc3cc(-c4c(C)noc4C)ccc3n2C2CCS(=O)CC2)cc1F. The van der Waals surface area contributed by atoms with Crippen molar-refractivity contribution >= 4 is 21.8 Å². The monoisotopic (exact) mass is 495 g/mol. The Morgan fingerprint density at radius 2 is 1.97 bits per heavy atom. The molecule has 6 nitrogen and oxygen atoms in total. The summed E-state index contributed by atoms with van der Waals surface area (Å²) in [5.41, 5.74) is 5.76. The topological polar surface area (TPSA) is 70.2 Å². The second-order valence-corrected chi connectivity index (χ2v) is 11.1. The molecule has 2 aromatic heterocycles. The van der Waals surface area contributed by atoms with Crippen LogP contribution in [0.25, 0.3) is 22.2 Å². The molecule has 0 spiro atoms. The molecular weight excluding hydrogens is 465 g/mol. The molecule has 184 valence electrons. The first-order valence-electron chi connectivity index (χ1n) is 12.0. The van der Waals surface area contributed by atoms with E-state index in [-0.39, 0.29) is 23.5 Å². The van der Waals surface area contributed by atoms with Gasteiger partial charge in [0, 0.05) is 39.8 Å². The van der Waals surface area contributed by atoms with Crippen LogP contribution < -0.4 is 4.74 Å². The highest BCUT2D eigenvalue weighted by Gasteiger charge is 2.27. The summed E-state index contributed by atoms with van der Waals surface area (Å²) < 4.78 is 39.2. The second-order valence-electron chi connectivity index (χ2n) is 9.40. The third-order valence-electron chi connectivity index (χ3n) is 6.96. The lowest BCUT2D eigenvalue weighted by Crippen LogP contribution is -2.24. The molecule has 0 amide bonds. The zero-order valence-electron chi connectivity index (χ0n) is 20.5. The fourth-order valence-electron chi connectivity index (χ4n) is 5.22. The van der Waals surface area contributed by atoms with Gasteiger partial charge in [-0.05, 0) is 68.5 Å². The number of benzene rings is 2. The molecule has 0 aliphatic carbocycles. The molecule has 1 aliphatic rings. The third-order valence-corrected chi connectivity index (χ3v) is 8.34. The Kier molecular flexibility index (Phi) is 6.49. The third kappa shape index (κ3) is 4.51. The Hall–Kier alpha value is -3.00. The van der Waals surface area contributed by atoms with Gasteiger partial charge < -0.3 is 13.8 Å². The predicted octanol–water partition coefficient (Wildman–Crippen LogP) is 5.89. The summed E-state index contributed by atoms with van der Waals surface area (Å²) >= 11 is 0. The lowest BCUT2D eigenvalue weighted by Gasteiger charge is -2.27. The van der Waals surface area contributed by atoms with E-state index in [1.165, 1.54) is 7.11 Å². The van der Waals surface area contributed by atoms with E-state index >= 15 is 0 Å². The van der Waals surface area contributed by atoms with E-state index in [1.54, 1.807) is 12.1 Å². The number of nitrogens with zero attached hydrogens (tertiary/aromatic N) is 3. The first-order chi connectivity index (χ1) is 16.9. The van der Waals surface area contributed by atoms with Crippen LogP contribution in [-0.2, 0) is 17.2 Å². The molecular formula is C27H30FN3O3S. The Morgan fingerprint density at radius 1 is 1.20 bits per heavy atom. The Morgan fingerprint density at radius 3 is 2.63 bits per heavy atom. The van der Waals surface area contributed by atoms with Crippen LogP contribution in [0.1, 0.15) is 54.6 Å². The highest BCUT2D eigenvalue weighted by atomic mass is 32.2. The zero-order valence-corrected chi connectivity index (χ0v) is 21.3. The summed E-state index contributed by atoms with van der Waals surface area (Å²) in [6, 6.07) is 11.7. The molecule has 0 radical (unpaired) electrons. The maximum absolute atomic E-state index is 14.3. The van der Waals surface area contributed by atoms with Crippen molar-refractivity contribution in [2.45, 2.75) is 52.0 Å². The smallest absolute Gasteiger partial charge is 0.165 e. The number of aryl methyl sites for hydroxylation is 2. The van der Waals surface area contributed by atoms with Gasteiger partial charge in [0.25, 0.3) is 0 Å². The average molecular weight is 496 g/mol. The van der Waals surface area contributed by atoms with Crippen LogP contribution in [-0.4, -0.2) is 37.5 Å². The van der Waals surface area contributed by atoms with Gasteiger partial charge >= 0.3 is 0 Å². The van der Waals surface area contributed by atoms with Crippen LogP contribution in [0.3, 0.4) is 0 Å². The lowest BCUT2D eigenvalue weighted by molar-refractivity contribution is 0.386. The molecule has 0 bridgehead atoms. The van der Waals surface area contributed by atoms with Crippen molar-refractivity contribution in [3.8, 4) is 16.9 Å². The van der Waals surface area contributed by atoms with Gasteiger partial charge in [-0.2, -0.15) is 0 Å². The fourth-order valence-corrected chi connectivity index (χ4v) is 6.49. The van der Waals surface area contributed by atoms with Crippen molar-refractivity contribution in [3.05, 3.63) is 65.1 Å². The standard InChI is InChI=1S/C27H30FN3O3S/c1-16(13-19-5-8-25(33-4)22(28)14-19)27-29-23-15-20(26-17(2)30-34-18(26)3)6-7-24(23)31(27)21-9-11-35(32)12-10-21/h5-8,14-16,21H,9-13H2,1-4H3. The number of hydrogen-bond acceptors (Lipinski definition) is 5. The predicted molar refractivity (Wildman–Crippen MR) is 136 cm³/mol. The molecule has 0 N–H and O–H groups in total. The van der Waals surface area contributed by atoms with E-state index < -0.39 is 10.8 Å². The van der Waals surface area contributed by atoms with Crippen LogP contribution in [0.15, 0.2) is 40.9 Å². The van der Waals surface area contributed by atoms with Crippen LogP contribution in [0.2, 0.25) is 0 Å². The van der Waals surface area contributed by atoms with Crippen molar-refractivity contribution in [3.63, 3.8) is 0 Å². The number of methoxy groups -OCH3 is 1. The average Bonchev–Trinajstić information content (AvgIpc) is 3.39. The summed E-state index contributed by atoms with van der Waals surface area (Å²) in [5.74, 6) is 3.12.